The molecule has 158 valence electrons. The van der Waals surface area contributed by atoms with Gasteiger partial charge in [0, 0.05) is 29.9 Å². The van der Waals surface area contributed by atoms with Gasteiger partial charge in [0.1, 0.15) is 10.7 Å². The van der Waals surface area contributed by atoms with Crippen LogP contribution in [0.4, 0.5) is 5.82 Å². The highest BCUT2D eigenvalue weighted by Crippen LogP contribution is 2.35. The SMILES string of the molecule is CC(C)CNc1nc(-c2cncc(S(N)(=O)=O)c2)cc2cccc(-c3ccccc3)c12. The molecule has 0 aliphatic rings. The second-order valence-electron chi connectivity index (χ2n) is 7.85. The first-order valence-electron chi connectivity index (χ1n) is 10.0. The zero-order chi connectivity index (χ0) is 22.0. The topological polar surface area (TPSA) is 98.0 Å². The Labute approximate surface area is 182 Å². The molecule has 0 bridgehead atoms. The molecule has 0 radical (unpaired) electrons. The summed E-state index contributed by atoms with van der Waals surface area (Å²) in [5.41, 5.74) is 3.40. The number of nitrogens with one attached hydrogen (secondary N) is 1. The smallest absolute Gasteiger partial charge is 0.239 e. The van der Waals surface area contributed by atoms with Crippen LogP contribution in [0, 0.1) is 5.92 Å². The number of rotatable bonds is 6. The van der Waals surface area contributed by atoms with Crippen LogP contribution in [-0.4, -0.2) is 24.9 Å². The van der Waals surface area contributed by atoms with Gasteiger partial charge in [-0.05, 0) is 34.6 Å². The minimum Gasteiger partial charge on any atom is -0.369 e. The Bertz CT molecular complexity index is 1340. The molecule has 4 aromatic rings. The summed E-state index contributed by atoms with van der Waals surface area (Å²) in [6.45, 7) is 5.03. The number of anilines is 1. The van der Waals surface area contributed by atoms with E-state index in [0.29, 0.717) is 17.2 Å². The molecule has 2 heterocycles. The normalized spacial score (nSPS) is 11.7. The molecule has 2 aromatic carbocycles. The van der Waals surface area contributed by atoms with E-state index in [9.17, 15) is 8.42 Å². The number of hydrogen-bond acceptors (Lipinski definition) is 5. The van der Waals surface area contributed by atoms with Crippen molar-refractivity contribution in [1.82, 2.24) is 9.97 Å². The van der Waals surface area contributed by atoms with E-state index in [2.05, 4.69) is 42.3 Å². The molecule has 0 amide bonds. The molecule has 6 nitrogen and oxygen atoms in total. The Morgan fingerprint density at radius 3 is 2.45 bits per heavy atom. The van der Waals surface area contributed by atoms with Crippen molar-refractivity contribution in [3.05, 3.63) is 73.1 Å². The number of fused-ring (bicyclic) bond motifs is 1. The molecule has 0 atom stereocenters. The van der Waals surface area contributed by atoms with Crippen LogP contribution in [0.1, 0.15) is 13.8 Å². The molecule has 0 unspecified atom stereocenters. The number of benzene rings is 2. The van der Waals surface area contributed by atoms with E-state index in [-0.39, 0.29) is 4.90 Å². The average Bonchev–Trinajstić information content (AvgIpc) is 2.77. The van der Waals surface area contributed by atoms with E-state index in [1.807, 2.05) is 36.4 Å². The van der Waals surface area contributed by atoms with Crippen LogP contribution in [0.2, 0.25) is 0 Å². The Balaban J connectivity index is 1.94. The highest BCUT2D eigenvalue weighted by atomic mass is 32.2. The number of primary sulfonamides is 1. The van der Waals surface area contributed by atoms with Crippen molar-refractivity contribution < 1.29 is 8.42 Å². The van der Waals surface area contributed by atoms with Gasteiger partial charge in [0.25, 0.3) is 0 Å². The second-order valence-corrected chi connectivity index (χ2v) is 9.42. The summed E-state index contributed by atoms with van der Waals surface area (Å²) in [5.74, 6) is 1.18. The van der Waals surface area contributed by atoms with Crippen LogP contribution in [0.15, 0.2) is 78.0 Å². The molecule has 0 spiro atoms. The van der Waals surface area contributed by atoms with E-state index < -0.39 is 10.0 Å². The molecule has 2 aromatic heterocycles. The molecule has 0 aliphatic heterocycles. The van der Waals surface area contributed by atoms with Crippen LogP contribution in [0.5, 0.6) is 0 Å². The molecular formula is C24H24N4O2S. The third-order valence-corrected chi connectivity index (χ3v) is 5.84. The molecule has 0 aliphatic carbocycles. The van der Waals surface area contributed by atoms with Gasteiger partial charge in [-0.3, -0.25) is 4.98 Å². The fraction of sp³-hybridized carbons (Fsp3) is 0.167. The first-order chi connectivity index (χ1) is 14.8. The third-order valence-electron chi connectivity index (χ3n) is 4.96. The number of nitrogens with zero attached hydrogens (tertiary/aromatic N) is 2. The lowest BCUT2D eigenvalue weighted by molar-refractivity contribution is 0.597. The summed E-state index contributed by atoms with van der Waals surface area (Å²) in [4.78, 5) is 8.88. The number of pyridine rings is 2. The van der Waals surface area contributed by atoms with Crippen molar-refractivity contribution >= 4 is 26.6 Å². The van der Waals surface area contributed by atoms with Crippen LogP contribution in [0.25, 0.3) is 33.2 Å². The fourth-order valence-electron chi connectivity index (χ4n) is 3.46. The van der Waals surface area contributed by atoms with E-state index in [1.165, 1.54) is 12.3 Å². The molecular weight excluding hydrogens is 408 g/mol. The van der Waals surface area contributed by atoms with Crippen molar-refractivity contribution in [2.24, 2.45) is 11.1 Å². The van der Waals surface area contributed by atoms with Gasteiger partial charge in [-0.15, -0.1) is 0 Å². The highest BCUT2D eigenvalue weighted by molar-refractivity contribution is 7.89. The van der Waals surface area contributed by atoms with E-state index in [0.717, 1.165) is 34.3 Å². The van der Waals surface area contributed by atoms with Crippen molar-refractivity contribution in [3.63, 3.8) is 0 Å². The number of nitrogens with two attached hydrogens (primary N) is 1. The molecule has 31 heavy (non-hydrogen) atoms. The largest absolute Gasteiger partial charge is 0.369 e. The number of sulfonamides is 1. The van der Waals surface area contributed by atoms with Crippen molar-refractivity contribution in [2.45, 2.75) is 18.7 Å². The van der Waals surface area contributed by atoms with E-state index >= 15 is 0 Å². The monoisotopic (exact) mass is 432 g/mol. The van der Waals surface area contributed by atoms with Gasteiger partial charge in [0.05, 0.1) is 5.69 Å². The maximum absolute atomic E-state index is 11.8. The molecule has 0 fully saturated rings. The Morgan fingerprint density at radius 1 is 0.968 bits per heavy atom. The van der Waals surface area contributed by atoms with Gasteiger partial charge < -0.3 is 5.32 Å². The van der Waals surface area contributed by atoms with E-state index in [1.54, 1.807) is 6.20 Å². The van der Waals surface area contributed by atoms with Gasteiger partial charge in [0.2, 0.25) is 10.0 Å². The number of hydrogen-bond donors (Lipinski definition) is 2. The number of aromatic nitrogens is 2. The maximum atomic E-state index is 11.8. The van der Waals surface area contributed by atoms with Crippen molar-refractivity contribution in [2.75, 3.05) is 11.9 Å². The van der Waals surface area contributed by atoms with Crippen LogP contribution in [-0.2, 0) is 10.0 Å². The van der Waals surface area contributed by atoms with Crippen LogP contribution < -0.4 is 10.5 Å². The quantitative estimate of drug-likeness (QED) is 0.461. The minimum atomic E-state index is -3.86. The lowest BCUT2D eigenvalue weighted by Crippen LogP contribution is -2.12. The second kappa shape index (κ2) is 8.45. The molecule has 7 heteroatoms. The third kappa shape index (κ3) is 4.57. The molecule has 4 rings (SSSR count). The molecule has 3 N–H and O–H groups in total. The summed E-state index contributed by atoms with van der Waals surface area (Å²) in [6, 6.07) is 19.8. The summed E-state index contributed by atoms with van der Waals surface area (Å²) in [5, 5.41) is 10.8. The predicted octanol–water partition coefficient (Wildman–Crippen LogP) is 4.68. The summed E-state index contributed by atoms with van der Waals surface area (Å²) in [7, 11) is -3.86. The van der Waals surface area contributed by atoms with Gasteiger partial charge in [-0.2, -0.15) is 0 Å². The fourth-order valence-corrected chi connectivity index (χ4v) is 3.96. The first-order valence-corrected chi connectivity index (χ1v) is 11.6. The molecule has 0 saturated carbocycles. The lowest BCUT2D eigenvalue weighted by atomic mass is 9.97. The van der Waals surface area contributed by atoms with Gasteiger partial charge in [-0.25, -0.2) is 18.5 Å². The van der Waals surface area contributed by atoms with Crippen molar-refractivity contribution in [1.29, 1.82) is 0 Å². The lowest BCUT2D eigenvalue weighted by Gasteiger charge is -2.16. The Hall–Kier alpha value is -3.29. The first kappa shape index (κ1) is 21.0. The van der Waals surface area contributed by atoms with Crippen LogP contribution >= 0.6 is 0 Å². The predicted molar refractivity (Wildman–Crippen MR) is 125 cm³/mol. The maximum Gasteiger partial charge on any atom is 0.239 e. The Morgan fingerprint density at radius 2 is 1.74 bits per heavy atom. The van der Waals surface area contributed by atoms with Crippen molar-refractivity contribution in [3.8, 4) is 22.4 Å². The standard InChI is InChI=1S/C24H24N4O2S/c1-16(2)13-27-24-23-18(9-6-10-21(23)17-7-4-3-5-8-17)12-22(28-24)19-11-20(15-26-14-19)31(25,29)30/h3-12,14-16H,13H2,1-2H3,(H,27,28)(H2,25,29,30). The van der Waals surface area contributed by atoms with E-state index in [4.69, 9.17) is 10.1 Å². The van der Waals surface area contributed by atoms with Gasteiger partial charge >= 0.3 is 0 Å². The summed E-state index contributed by atoms with van der Waals surface area (Å²) in [6.07, 6.45) is 2.83. The summed E-state index contributed by atoms with van der Waals surface area (Å²) >= 11 is 0. The summed E-state index contributed by atoms with van der Waals surface area (Å²) < 4.78 is 23.6. The minimum absolute atomic E-state index is 0.0402. The highest BCUT2D eigenvalue weighted by Gasteiger charge is 2.15. The Kier molecular flexibility index (Phi) is 5.71. The zero-order valence-electron chi connectivity index (χ0n) is 17.4. The van der Waals surface area contributed by atoms with Gasteiger partial charge in [0.15, 0.2) is 0 Å². The molecule has 0 saturated heterocycles. The van der Waals surface area contributed by atoms with Crippen LogP contribution in [0.3, 0.4) is 0 Å². The average molecular weight is 433 g/mol. The van der Waals surface area contributed by atoms with Gasteiger partial charge in [-0.1, -0.05) is 62.4 Å². The zero-order valence-corrected chi connectivity index (χ0v) is 18.2.